The zero-order valence-corrected chi connectivity index (χ0v) is 16.9. The Morgan fingerprint density at radius 2 is 1.39 bits per heavy atom. The van der Waals surface area contributed by atoms with Crippen LogP contribution in [-0.2, 0) is 0 Å². The van der Waals surface area contributed by atoms with E-state index in [9.17, 15) is 14.4 Å². The third-order valence-corrected chi connectivity index (χ3v) is 4.78. The summed E-state index contributed by atoms with van der Waals surface area (Å²) in [5.74, 6) is -1.16. The van der Waals surface area contributed by atoms with Crippen LogP contribution in [-0.4, -0.2) is 40.9 Å². The molecule has 9 nitrogen and oxygen atoms in total. The van der Waals surface area contributed by atoms with Crippen LogP contribution in [0.1, 0.15) is 21.0 Å². The molecule has 0 saturated carbocycles. The standard InChI is InChI=1S/C21H17ClN6O3/c22-13-1-3-14(4-2-13)26-19(29)17-18(24-10-9-23-17)20(30)27-15-5-7-16(8-6-15)28-12-11-25-21(28)31/h1-10H,11-12H2,(H,25,31)(H,26,29)(H,27,30). The summed E-state index contributed by atoms with van der Waals surface area (Å²) in [6, 6.07) is 13.2. The Morgan fingerprint density at radius 1 is 0.871 bits per heavy atom. The van der Waals surface area contributed by atoms with Crippen LogP contribution in [0.2, 0.25) is 5.02 Å². The summed E-state index contributed by atoms with van der Waals surface area (Å²) in [7, 11) is 0. The second-order valence-corrected chi connectivity index (χ2v) is 7.04. The molecule has 2 heterocycles. The van der Waals surface area contributed by atoms with Gasteiger partial charge in [0.05, 0.1) is 0 Å². The second-order valence-electron chi connectivity index (χ2n) is 6.60. The molecule has 0 radical (unpaired) electrons. The summed E-state index contributed by atoms with van der Waals surface area (Å²) in [6.45, 7) is 1.17. The normalized spacial score (nSPS) is 12.9. The average Bonchev–Trinajstić information content (AvgIpc) is 3.21. The van der Waals surface area contributed by atoms with Crippen LogP contribution in [0.4, 0.5) is 21.9 Å². The minimum Gasteiger partial charge on any atom is -0.336 e. The van der Waals surface area contributed by atoms with E-state index >= 15 is 0 Å². The maximum absolute atomic E-state index is 12.7. The van der Waals surface area contributed by atoms with Crippen molar-refractivity contribution in [3.63, 3.8) is 0 Å². The number of benzene rings is 2. The van der Waals surface area contributed by atoms with Crippen molar-refractivity contribution < 1.29 is 14.4 Å². The van der Waals surface area contributed by atoms with Gasteiger partial charge < -0.3 is 16.0 Å². The highest BCUT2D eigenvalue weighted by Gasteiger charge is 2.22. The summed E-state index contributed by atoms with van der Waals surface area (Å²) in [5.41, 5.74) is 1.49. The molecule has 156 valence electrons. The maximum Gasteiger partial charge on any atom is 0.321 e. The van der Waals surface area contributed by atoms with E-state index in [1.165, 1.54) is 12.4 Å². The van der Waals surface area contributed by atoms with Crippen LogP contribution in [0, 0.1) is 0 Å². The third-order valence-electron chi connectivity index (χ3n) is 4.52. The molecule has 1 saturated heterocycles. The fourth-order valence-electron chi connectivity index (χ4n) is 3.03. The number of halogens is 1. The Balaban J connectivity index is 1.48. The summed E-state index contributed by atoms with van der Waals surface area (Å²) in [4.78, 5) is 46.8. The van der Waals surface area contributed by atoms with Crippen LogP contribution < -0.4 is 20.9 Å². The lowest BCUT2D eigenvalue weighted by atomic mass is 10.2. The fraction of sp³-hybridized carbons (Fsp3) is 0.0952. The predicted molar refractivity (Wildman–Crippen MR) is 117 cm³/mol. The molecule has 4 rings (SSSR count). The van der Waals surface area contributed by atoms with Gasteiger partial charge in [-0.2, -0.15) is 0 Å². The van der Waals surface area contributed by atoms with E-state index in [1.54, 1.807) is 53.4 Å². The number of amides is 4. The molecule has 0 unspecified atom stereocenters. The summed E-state index contributed by atoms with van der Waals surface area (Å²) < 4.78 is 0. The number of urea groups is 1. The number of nitrogens with one attached hydrogen (secondary N) is 3. The largest absolute Gasteiger partial charge is 0.336 e. The highest BCUT2D eigenvalue weighted by molar-refractivity contribution is 6.30. The number of anilines is 3. The van der Waals surface area contributed by atoms with Crippen LogP contribution in [0.15, 0.2) is 60.9 Å². The number of hydrogen-bond acceptors (Lipinski definition) is 5. The molecule has 3 aromatic rings. The van der Waals surface area contributed by atoms with Crippen LogP contribution >= 0.6 is 11.6 Å². The van der Waals surface area contributed by atoms with Crippen molar-refractivity contribution in [2.24, 2.45) is 0 Å². The van der Waals surface area contributed by atoms with Crippen molar-refractivity contribution >= 4 is 46.5 Å². The Morgan fingerprint density at radius 3 is 1.87 bits per heavy atom. The predicted octanol–water partition coefficient (Wildman–Crippen LogP) is 3.16. The summed E-state index contributed by atoms with van der Waals surface area (Å²) in [5, 5.41) is 8.63. The van der Waals surface area contributed by atoms with Crippen LogP contribution in [0.3, 0.4) is 0 Å². The molecule has 1 aromatic heterocycles. The number of rotatable bonds is 5. The van der Waals surface area contributed by atoms with Crippen molar-refractivity contribution in [3.05, 3.63) is 77.3 Å². The van der Waals surface area contributed by atoms with E-state index in [4.69, 9.17) is 11.6 Å². The Kier molecular flexibility index (Phi) is 5.76. The average molecular weight is 437 g/mol. The zero-order chi connectivity index (χ0) is 21.8. The SMILES string of the molecule is O=C(Nc1ccc(Cl)cc1)c1nccnc1C(=O)Nc1ccc(N2CCNC2=O)cc1. The van der Waals surface area contributed by atoms with Crippen molar-refractivity contribution in [1.82, 2.24) is 15.3 Å². The van der Waals surface area contributed by atoms with Crippen LogP contribution in [0.25, 0.3) is 0 Å². The van der Waals surface area contributed by atoms with E-state index in [-0.39, 0.29) is 17.4 Å². The first-order valence-corrected chi connectivity index (χ1v) is 9.74. The molecule has 10 heteroatoms. The van der Waals surface area contributed by atoms with Gasteiger partial charge in [-0.15, -0.1) is 0 Å². The van der Waals surface area contributed by atoms with E-state index < -0.39 is 11.8 Å². The second kappa shape index (κ2) is 8.80. The van der Waals surface area contributed by atoms with Gasteiger partial charge in [-0.25, -0.2) is 14.8 Å². The molecule has 31 heavy (non-hydrogen) atoms. The topological polar surface area (TPSA) is 116 Å². The van der Waals surface area contributed by atoms with E-state index in [0.29, 0.717) is 29.5 Å². The molecule has 4 amide bonds. The van der Waals surface area contributed by atoms with Gasteiger partial charge >= 0.3 is 6.03 Å². The van der Waals surface area contributed by atoms with Gasteiger partial charge in [0.1, 0.15) is 0 Å². The molecular formula is C21H17ClN6O3. The first-order valence-electron chi connectivity index (χ1n) is 9.36. The number of nitrogens with zero attached hydrogens (tertiary/aromatic N) is 3. The van der Waals surface area contributed by atoms with Crippen molar-refractivity contribution in [3.8, 4) is 0 Å². The first-order chi connectivity index (χ1) is 15.0. The summed E-state index contributed by atoms with van der Waals surface area (Å²) >= 11 is 5.85. The van der Waals surface area contributed by atoms with Gasteiger partial charge in [-0.05, 0) is 48.5 Å². The fourth-order valence-corrected chi connectivity index (χ4v) is 3.15. The number of carbonyl (C=O) groups excluding carboxylic acids is 3. The van der Waals surface area contributed by atoms with E-state index in [0.717, 1.165) is 5.69 Å². The zero-order valence-electron chi connectivity index (χ0n) is 16.1. The quantitative estimate of drug-likeness (QED) is 0.568. The third kappa shape index (κ3) is 4.62. The lowest BCUT2D eigenvalue weighted by Gasteiger charge is -2.15. The smallest absolute Gasteiger partial charge is 0.321 e. The van der Waals surface area contributed by atoms with Gasteiger partial charge in [0, 0.05) is 47.6 Å². The van der Waals surface area contributed by atoms with Crippen molar-refractivity contribution in [2.45, 2.75) is 0 Å². The molecule has 0 bridgehead atoms. The maximum atomic E-state index is 12.7. The molecule has 0 aliphatic carbocycles. The Labute approximate surface area is 182 Å². The highest BCUT2D eigenvalue weighted by Crippen LogP contribution is 2.20. The van der Waals surface area contributed by atoms with Gasteiger partial charge in [-0.3, -0.25) is 14.5 Å². The number of carbonyl (C=O) groups is 3. The monoisotopic (exact) mass is 436 g/mol. The van der Waals surface area contributed by atoms with Gasteiger partial charge in [0.25, 0.3) is 11.8 Å². The number of aromatic nitrogens is 2. The highest BCUT2D eigenvalue weighted by atomic mass is 35.5. The molecule has 1 aliphatic heterocycles. The van der Waals surface area contributed by atoms with Crippen molar-refractivity contribution in [1.29, 1.82) is 0 Å². The lowest BCUT2D eigenvalue weighted by Crippen LogP contribution is -2.27. The van der Waals surface area contributed by atoms with Crippen molar-refractivity contribution in [2.75, 3.05) is 28.6 Å². The summed E-state index contributed by atoms with van der Waals surface area (Å²) in [6.07, 6.45) is 2.67. The Bertz CT molecular complexity index is 1130. The van der Waals surface area contributed by atoms with Crippen LogP contribution in [0.5, 0.6) is 0 Å². The van der Waals surface area contributed by atoms with Gasteiger partial charge in [-0.1, -0.05) is 11.6 Å². The lowest BCUT2D eigenvalue weighted by molar-refractivity contribution is 0.0983. The Hall–Kier alpha value is -3.98. The first kappa shape index (κ1) is 20.3. The molecule has 2 aromatic carbocycles. The molecule has 3 N–H and O–H groups in total. The molecular weight excluding hydrogens is 420 g/mol. The number of hydrogen-bond donors (Lipinski definition) is 3. The van der Waals surface area contributed by atoms with Gasteiger partial charge in [0.15, 0.2) is 11.4 Å². The van der Waals surface area contributed by atoms with Gasteiger partial charge in [0.2, 0.25) is 0 Å². The van der Waals surface area contributed by atoms with E-state index in [1.807, 2.05) is 0 Å². The van der Waals surface area contributed by atoms with E-state index in [2.05, 4.69) is 25.9 Å². The molecule has 0 atom stereocenters. The minimum atomic E-state index is -0.582. The minimum absolute atomic E-state index is 0.111. The molecule has 0 spiro atoms. The molecule has 1 aliphatic rings. The molecule has 1 fully saturated rings.